The van der Waals surface area contributed by atoms with E-state index in [-0.39, 0.29) is 28.9 Å². The van der Waals surface area contributed by atoms with Crippen molar-refractivity contribution in [1.82, 2.24) is 15.4 Å². The second kappa shape index (κ2) is 6.62. The van der Waals surface area contributed by atoms with Crippen LogP contribution in [0.3, 0.4) is 0 Å². The van der Waals surface area contributed by atoms with Gasteiger partial charge in [-0.15, -0.1) is 0 Å². The molecule has 2 aliphatic rings. The highest BCUT2D eigenvalue weighted by atomic mass is 16.5. The highest BCUT2D eigenvalue weighted by Crippen LogP contribution is 2.35. The number of rotatable bonds is 4. The molecule has 2 aliphatic heterocycles. The summed E-state index contributed by atoms with van der Waals surface area (Å²) >= 11 is 0. The minimum Gasteiger partial charge on any atom is -0.391 e. The molecule has 3 heterocycles. The first-order valence-corrected chi connectivity index (χ1v) is 9.72. The minimum atomic E-state index is -0.556. The van der Waals surface area contributed by atoms with E-state index in [4.69, 9.17) is 9.52 Å². The summed E-state index contributed by atoms with van der Waals surface area (Å²) in [5, 5.41) is 17.8. The summed E-state index contributed by atoms with van der Waals surface area (Å²) in [7, 11) is 0. The standard InChI is InChI=1S/C20H32N4O3/c1-11(2)16(15-8-12(3)23-27-15)18(26)24-10-13(25)9-14(24)17-21-19(4,5)20(6,7)22-17/h8,11,13-14,16,25H,9-10H2,1-7H3,(H,21,22)/t13-,14+,16?/m1/s1. The number of carbonyl (C=O) groups excluding carboxylic acids is 1. The number of nitrogens with one attached hydrogen (secondary N) is 1. The lowest BCUT2D eigenvalue weighted by Crippen LogP contribution is -2.54. The number of aromatic nitrogens is 1. The number of amides is 1. The number of amidine groups is 1. The van der Waals surface area contributed by atoms with Crippen molar-refractivity contribution in [2.45, 2.75) is 84.0 Å². The summed E-state index contributed by atoms with van der Waals surface area (Å²) in [6.07, 6.45) is -0.0659. The summed E-state index contributed by atoms with van der Waals surface area (Å²) in [6, 6.07) is 1.57. The van der Waals surface area contributed by atoms with Gasteiger partial charge in [0.2, 0.25) is 5.91 Å². The van der Waals surface area contributed by atoms with E-state index in [9.17, 15) is 9.90 Å². The second-order valence-electron chi connectivity index (χ2n) is 9.29. The fourth-order valence-electron chi connectivity index (χ4n) is 3.86. The van der Waals surface area contributed by atoms with E-state index in [2.05, 4.69) is 38.2 Å². The molecule has 7 nitrogen and oxygen atoms in total. The molecule has 0 spiro atoms. The molecule has 1 unspecified atom stereocenters. The maximum atomic E-state index is 13.5. The zero-order chi connectivity index (χ0) is 20.1. The van der Waals surface area contributed by atoms with Gasteiger partial charge in [0.05, 0.1) is 28.9 Å². The van der Waals surface area contributed by atoms with Gasteiger partial charge >= 0.3 is 0 Å². The Morgan fingerprint density at radius 3 is 2.52 bits per heavy atom. The third-order valence-corrected chi connectivity index (χ3v) is 6.13. The Morgan fingerprint density at radius 2 is 2.04 bits per heavy atom. The van der Waals surface area contributed by atoms with Crippen LogP contribution in [-0.4, -0.2) is 56.7 Å². The van der Waals surface area contributed by atoms with Crippen molar-refractivity contribution in [3.63, 3.8) is 0 Å². The van der Waals surface area contributed by atoms with E-state index in [1.54, 1.807) is 4.90 Å². The number of aliphatic hydroxyl groups is 1. The predicted octanol–water partition coefficient (Wildman–Crippen LogP) is 2.24. The third kappa shape index (κ3) is 3.49. The molecule has 3 rings (SSSR count). The molecule has 1 fully saturated rings. The third-order valence-electron chi connectivity index (χ3n) is 6.13. The SMILES string of the molecule is Cc1cc(C(C(=O)N2C[C@H](O)C[C@H]2C2=NC(C)(C)C(C)(C)N2)C(C)C)on1. The molecular weight excluding hydrogens is 344 g/mol. The van der Waals surface area contributed by atoms with Crippen LogP contribution in [0, 0.1) is 12.8 Å². The van der Waals surface area contributed by atoms with Crippen molar-refractivity contribution in [2.24, 2.45) is 10.9 Å². The maximum absolute atomic E-state index is 13.5. The molecule has 3 atom stereocenters. The van der Waals surface area contributed by atoms with Gasteiger partial charge in [-0.3, -0.25) is 9.79 Å². The molecule has 27 heavy (non-hydrogen) atoms. The average Bonchev–Trinajstić information content (AvgIpc) is 3.16. The number of nitrogens with zero attached hydrogens (tertiary/aromatic N) is 3. The first kappa shape index (κ1) is 19.9. The fourth-order valence-corrected chi connectivity index (χ4v) is 3.86. The van der Waals surface area contributed by atoms with Gasteiger partial charge in [-0.25, -0.2) is 0 Å². The molecule has 1 aromatic rings. The summed E-state index contributed by atoms with van der Waals surface area (Å²) in [5.41, 5.74) is 0.251. The molecule has 1 saturated heterocycles. The average molecular weight is 377 g/mol. The van der Waals surface area contributed by atoms with Gasteiger partial charge in [0.25, 0.3) is 0 Å². The summed E-state index contributed by atoms with van der Waals surface area (Å²) in [4.78, 5) is 20.1. The first-order chi connectivity index (χ1) is 12.4. The summed E-state index contributed by atoms with van der Waals surface area (Å²) in [5.74, 6) is 0.937. The number of aryl methyl sites for hydroxylation is 1. The van der Waals surface area contributed by atoms with Crippen LogP contribution in [0.25, 0.3) is 0 Å². The predicted molar refractivity (Wildman–Crippen MR) is 104 cm³/mol. The zero-order valence-corrected chi connectivity index (χ0v) is 17.4. The molecule has 1 amide bonds. The van der Waals surface area contributed by atoms with Gasteiger partial charge in [0.1, 0.15) is 17.5 Å². The number of likely N-dealkylation sites (tertiary alicyclic amines) is 1. The van der Waals surface area contributed by atoms with Gasteiger partial charge in [-0.1, -0.05) is 19.0 Å². The molecule has 150 valence electrons. The molecule has 0 aliphatic carbocycles. The highest BCUT2D eigenvalue weighted by Gasteiger charge is 2.49. The zero-order valence-electron chi connectivity index (χ0n) is 17.4. The van der Waals surface area contributed by atoms with Crippen molar-refractivity contribution in [3.8, 4) is 0 Å². The number of aliphatic hydroxyl groups excluding tert-OH is 1. The molecule has 0 aromatic carbocycles. The normalized spacial score (nSPS) is 27.6. The van der Waals surface area contributed by atoms with Crippen molar-refractivity contribution < 1.29 is 14.4 Å². The minimum absolute atomic E-state index is 0.0466. The Bertz CT molecular complexity index is 750. The molecule has 0 radical (unpaired) electrons. The number of β-amino-alcohol motifs (C(OH)–C–C–N with tert-alkyl or cyclic N) is 1. The van der Waals surface area contributed by atoms with Gasteiger partial charge in [-0.05, 0) is 40.5 Å². The Balaban J connectivity index is 1.91. The van der Waals surface area contributed by atoms with Crippen molar-refractivity contribution in [2.75, 3.05) is 6.54 Å². The highest BCUT2D eigenvalue weighted by molar-refractivity contribution is 5.95. The first-order valence-electron chi connectivity index (χ1n) is 9.72. The Kier molecular flexibility index (Phi) is 4.87. The van der Waals surface area contributed by atoms with Crippen LogP contribution in [0.4, 0.5) is 0 Å². The van der Waals surface area contributed by atoms with Crippen LogP contribution in [0.5, 0.6) is 0 Å². The van der Waals surface area contributed by atoms with E-state index in [1.807, 2.05) is 26.8 Å². The largest absolute Gasteiger partial charge is 0.391 e. The van der Waals surface area contributed by atoms with Crippen LogP contribution < -0.4 is 5.32 Å². The number of hydrogen-bond acceptors (Lipinski definition) is 6. The van der Waals surface area contributed by atoms with Gasteiger partial charge in [0, 0.05) is 19.0 Å². The lowest BCUT2D eigenvalue weighted by Gasteiger charge is -2.33. The quantitative estimate of drug-likeness (QED) is 0.841. The van der Waals surface area contributed by atoms with E-state index >= 15 is 0 Å². The van der Waals surface area contributed by atoms with Crippen LogP contribution in [0.1, 0.15) is 65.3 Å². The number of hydrogen-bond donors (Lipinski definition) is 2. The lowest BCUT2D eigenvalue weighted by atomic mass is 9.85. The van der Waals surface area contributed by atoms with Crippen LogP contribution in [0.2, 0.25) is 0 Å². The Labute approximate surface area is 161 Å². The van der Waals surface area contributed by atoms with Gasteiger partial charge in [0.15, 0.2) is 0 Å². The Morgan fingerprint density at radius 1 is 1.37 bits per heavy atom. The smallest absolute Gasteiger partial charge is 0.234 e. The Hall–Kier alpha value is -1.89. The van der Waals surface area contributed by atoms with E-state index in [0.29, 0.717) is 18.7 Å². The van der Waals surface area contributed by atoms with E-state index < -0.39 is 12.0 Å². The van der Waals surface area contributed by atoms with E-state index in [1.165, 1.54) is 0 Å². The molecular formula is C20H32N4O3. The number of aliphatic imine (C=N–C) groups is 1. The van der Waals surface area contributed by atoms with Gasteiger partial charge in [-0.2, -0.15) is 0 Å². The van der Waals surface area contributed by atoms with Crippen molar-refractivity contribution >= 4 is 11.7 Å². The van der Waals surface area contributed by atoms with Gasteiger partial charge < -0.3 is 19.8 Å². The maximum Gasteiger partial charge on any atom is 0.234 e. The molecule has 1 aromatic heterocycles. The molecule has 2 N–H and O–H groups in total. The summed E-state index contributed by atoms with van der Waals surface area (Å²) < 4.78 is 5.42. The molecule has 0 saturated carbocycles. The van der Waals surface area contributed by atoms with Crippen LogP contribution in [0.15, 0.2) is 15.6 Å². The topological polar surface area (TPSA) is 91.0 Å². The van der Waals surface area contributed by atoms with Crippen LogP contribution >= 0.6 is 0 Å². The van der Waals surface area contributed by atoms with Crippen LogP contribution in [-0.2, 0) is 4.79 Å². The summed E-state index contributed by atoms with van der Waals surface area (Å²) in [6.45, 7) is 14.5. The monoisotopic (exact) mass is 376 g/mol. The number of carbonyl (C=O) groups is 1. The van der Waals surface area contributed by atoms with Crippen molar-refractivity contribution in [1.29, 1.82) is 0 Å². The fraction of sp³-hybridized carbons (Fsp3) is 0.750. The van der Waals surface area contributed by atoms with Crippen molar-refractivity contribution in [3.05, 3.63) is 17.5 Å². The lowest BCUT2D eigenvalue weighted by molar-refractivity contribution is -0.134. The second-order valence-corrected chi connectivity index (χ2v) is 9.29. The van der Waals surface area contributed by atoms with E-state index in [0.717, 1.165) is 11.5 Å². The molecule has 7 heteroatoms. The molecule has 0 bridgehead atoms.